The molecule has 112 valence electrons. The maximum absolute atomic E-state index is 12.8. The lowest BCUT2D eigenvalue weighted by Gasteiger charge is -2.16. The molecule has 0 saturated carbocycles. The molecule has 20 heavy (non-hydrogen) atoms. The van der Waals surface area contributed by atoms with Crippen LogP contribution in [0.3, 0.4) is 0 Å². The summed E-state index contributed by atoms with van der Waals surface area (Å²) in [6.07, 6.45) is 0.787. The summed E-state index contributed by atoms with van der Waals surface area (Å²) in [5.74, 6) is 0.569. The Morgan fingerprint density at radius 1 is 1.35 bits per heavy atom. The molecule has 0 bridgehead atoms. The van der Waals surface area contributed by atoms with Gasteiger partial charge in [0, 0.05) is 26.2 Å². The highest BCUT2D eigenvalue weighted by atomic mass is 19.1. The van der Waals surface area contributed by atoms with E-state index in [0.29, 0.717) is 13.2 Å². The van der Waals surface area contributed by atoms with Gasteiger partial charge in [-0.2, -0.15) is 0 Å². The number of aliphatic imine (C=N–C) groups is 1. The molecule has 1 unspecified atom stereocenters. The molecule has 0 aliphatic heterocycles. The number of guanidine groups is 1. The number of nitrogens with zero attached hydrogens (tertiary/aromatic N) is 1. The molecule has 0 aromatic heterocycles. The van der Waals surface area contributed by atoms with Crippen LogP contribution >= 0.6 is 0 Å². The normalized spacial score (nSPS) is 13.1. The lowest BCUT2D eigenvalue weighted by Crippen LogP contribution is -2.44. The standard InChI is InChI=1S/C15H24FN3O/c1-4-17-15(19-12(2)11-20-3)18-10-9-13-5-7-14(16)8-6-13/h5-8,12H,4,9-11H2,1-3H3,(H2,17,18,19). The molecule has 0 radical (unpaired) electrons. The van der Waals surface area contributed by atoms with Gasteiger partial charge in [-0.25, -0.2) is 4.39 Å². The van der Waals surface area contributed by atoms with E-state index in [1.54, 1.807) is 19.2 Å². The lowest BCUT2D eigenvalue weighted by molar-refractivity contribution is 0.179. The van der Waals surface area contributed by atoms with Crippen molar-refractivity contribution in [2.45, 2.75) is 26.3 Å². The van der Waals surface area contributed by atoms with Crippen LogP contribution in [0.15, 0.2) is 29.3 Å². The van der Waals surface area contributed by atoms with Crippen molar-refractivity contribution >= 4 is 5.96 Å². The molecule has 0 fully saturated rings. The summed E-state index contributed by atoms with van der Waals surface area (Å²) < 4.78 is 17.9. The van der Waals surface area contributed by atoms with Gasteiger partial charge in [-0.1, -0.05) is 12.1 Å². The van der Waals surface area contributed by atoms with Crippen LogP contribution in [0.2, 0.25) is 0 Å². The third-order valence-corrected chi connectivity index (χ3v) is 2.73. The van der Waals surface area contributed by atoms with Gasteiger partial charge in [0.25, 0.3) is 0 Å². The molecule has 0 aliphatic carbocycles. The monoisotopic (exact) mass is 281 g/mol. The quantitative estimate of drug-likeness (QED) is 0.593. The summed E-state index contributed by atoms with van der Waals surface area (Å²) in [5, 5.41) is 6.46. The molecule has 0 saturated heterocycles. The number of rotatable bonds is 7. The molecule has 0 spiro atoms. The molecular formula is C15H24FN3O. The van der Waals surface area contributed by atoms with Crippen LogP contribution in [0.25, 0.3) is 0 Å². The summed E-state index contributed by atoms with van der Waals surface area (Å²) in [7, 11) is 1.68. The smallest absolute Gasteiger partial charge is 0.191 e. The average molecular weight is 281 g/mol. The molecule has 0 heterocycles. The van der Waals surface area contributed by atoms with Crippen LogP contribution in [-0.2, 0) is 11.2 Å². The molecule has 5 heteroatoms. The van der Waals surface area contributed by atoms with Crippen molar-refractivity contribution in [2.75, 3.05) is 26.8 Å². The van der Waals surface area contributed by atoms with E-state index in [4.69, 9.17) is 4.74 Å². The van der Waals surface area contributed by atoms with Gasteiger partial charge in [0.1, 0.15) is 5.82 Å². The average Bonchev–Trinajstić information content (AvgIpc) is 2.41. The van der Waals surface area contributed by atoms with Crippen molar-refractivity contribution in [3.05, 3.63) is 35.6 Å². The Bertz CT molecular complexity index is 406. The minimum Gasteiger partial charge on any atom is -0.383 e. The SMILES string of the molecule is CCNC(=NCCc1ccc(F)cc1)NC(C)COC. The Morgan fingerprint density at radius 3 is 2.65 bits per heavy atom. The zero-order chi connectivity index (χ0) is 14.8. The predicted octanol–water partition coefficient (Wildman–Crippen LogP) is 1.96. The highest BCUT2D eigenvalue weighted by Crippen LogP contribution is 2.03. The topological polar surface area (TPSA) is 45.7 Å². The lowest BCUT2D eigenvalue weighted by atomic mass is 10.1. The Kier molecular flexibility index (Phi) is 7.65. The molecule has 1 rings (SSSR count). The van der Waals surface area contributed by atoms with Crippen LogP contribution in [0.4, 0.5) is 4.39 Å². The molecule has 2 N–H and O–H groups in total. The van der Waals surface area contributed by atoms with E-state index in [1.807, 2.05) is 13.8 Å². The van der Waals surface area contributed by atoms with Gasteiger partial charge in [0.05, 0.1) is 6.61 Å². The van der Waals surface area contributed by atoms with Crippen LogP contribution < -0.4 is 10.6 Å². The number of ether oxygens (including phenoxy) is 1. The van der Waals surface area contributed by atoms with Gasteiger partial charge in [-0.05, 0) is 38.0 Å². The van der Waals surface area contributed by atoms with E-state index in [-0.39, 0.29) is 11.9 Å². The van der Waals surface area contributed by atoms with E-state index in [1.165, 1.54) is 12.1 Å². The van der Waals surface area contributed by atoms with Crippen molar-refractivity contribution in [1.29, 1.82) is 0 Å². The van der Waals surface area contributed by atoms with E-state index >= 15 is 0 Å². The summed E-state index contributed by atoms with van der Waals surface area (Å²) in [5.41, 5.74) is 1.08. The first-order valence-corrected chi connectivity index (χ1v) is 6.94. The van der Waals surface area contributed by atoms with Crippen molar-refractivity contribution in [2.24, 2.45) is 4.99 Å². The van der Waals surface area contributed by atoms with E-state index < -0.39 is 0 Å². The van der Waals surface area contributed by atoms with Crippen LogP contribution in [0, 0.1) is 5.82 Å². The Morgan fingerprint density at radius 2 is 2.05 bits per heavy atom. The van der Waals surface area contributed by atoms with Crippen molar-refractivity contribution in [3.63, 3.8) is 0 Å². The summed E-state index contributed by atoms with van der Waals surface area (Å²) in [6.45, 7) is 6.15. The fourth-order valence-corrected chi connectivity index (χ4v) is 1.79. The van der Waals surface area contributed by atoms with Gasteiger partial charge in [0.2, 0.25) is 0 Å². The van der Waals surface area contributed by atoms with Crippen molar-refractivity contribution in [1.82, 2.24) is 10.6 Å². The highest BCUT2D eigenvalue weighted by Gasteiger charge is 2.04. The molecular weight excluding hydrogens is 257 g/mol. The maximum Gasteiger partial charge on any atom is 0.191 e. The fourth-order valence-electron chi connectivity index (χ4n) is 1.79. The van der Waals surface area contributed by atoms with Gasteiger partial charge in [-0.15, -0.1) is 0 Å². The van der Waals surface area contributed by atoms with Gasteiger partial charge in [0.15, 0.2) is 5.96 Å². The van der Waals surface area contributed by atoms with Gasteiger partial charge >= 0.3 is 0 Å². The second-order valence-electron chi connectivity index (χ2n) is 4.64. The zero-order valence-corrected chi connectivity index (χ0v) is 12.4. The minimum atomic E-state index is -0.208. The summed E-state index contributed by atoms with van der Waals surface area (Å²) >= 11 is 0. The number of nitrogens with one attached hydrogen (secondary N) is 2. The maximum atomic E-state index is 12.8. The Labute approximate surface area is 120 Å². The molecule has 0 aliphatic rings. The third kappa shape index (κ3) is 6.52. The Hall–Kier alpha value is -1.62. The van der Waals surface area contributed by atoms with Crippen molar-refractivity contribution in [3.8, 4) is 0 Å². The first kappa shape index (κ1) is 16.4. The number of benzene rings is 1. The van der Waals surface area contributed by atoms with E-state index in [9.17, 15) is 4.39 Å². The first-order chi connectivity index (χ1) is 9.65. The third-order valence-electron chi connectivity index (χ3n) is 2.73. The Balaban J connectivity index is 2.47. The predicted molar refractivity (Wildman–Crippen MR) is 80.6 cm³/mol. The molecule has 4 nitrogen and oxygen atoms in total. The number of halogens is 1. The first-order valence-electron chi connectivity index (χ1n) is 6.94. The second kappa shape index (κ2) is 9.31. The molecule has 1 aromatic carbocycles. The molecule has 0 amide bonds. The van der Waals surface area contributed by atoms with Crippen LogP contribution in [0.5, 0.6) is 0 Å². The number of methoxy groups -OCH3 is 1. The highest BCUT2D eigenvalue weighted by molar-refractivity contribution is 5.80. The number of hydrogen-bond donors (Lipinski definition) is 2. The molecule has 1 atom stereocenters. The van der Waals surface area contributed by atoms with Gasteiger partial charge in [-0.3, -0.25) is 4.99 Å². The second-order valence-corrected chi connectivity index (χ2v) is 4.64. The molecule has 1 aromatic rings. The largest absolute Gasteiger partial charge is 0.383 e. The minimum absolute atomic E-state index is 0.198. The van der Waals surface area contributed by atoms with Crippen LogP contribution in [0.1, 0.15) is 19.4 Å². The summed E-state index contributed by atoms with van der Waals surface area (Å²) in [6, 6.07) is 6.73. The van der Waals surface area contributed by atoms with Gasteiger partial charge < -0.3 is 15.4 Å². The van der Waals surface area contributed by atoms with E-state index in [2.05, 4.69) is 15.6 Å². The fraction of sp³-hybridized carbons (Fsp3) is 0.533. The number of hydrogen-bond acceptors (Lipinski definition) is 2. The van der Waals surface area contributed by atoms with Crippen molar-refractivity contribution < 1.29 is 9.13 Å². The zero-order valence-electron chi connectivity index (χ0n) is 12.4. The van der Waals surface area contributed by atoms with Crippen LogP contribution in [-0.4, -0.2) is 38.8 Å². The summed E-state index contributed by atoms with van der Waals surface area (Å²) in [4.78, 5) is 4.50. The van der Waals surface area contributed by atoms with E-state index in [0.717, 1.165) is 24.5 Å².